The van der Waals surface area contributed by atoms with Gasteiger partial charge in [0.1, 0.15) is 0 Å². The second-order valence-electron chi connectivity index (χ2n) is 7.48. The van der Waals surface area contributed by atoms with Gasteiger partial charge in [-0.3, -0.25) is 29.0 Å². The predicted octanol–water partition coefficient (Wildman–Crippen LogP) is 1.19. The lowest BCUT2D eigenvalue weighted by Crippen LogP contribution is -2.53. The quantitative estimate of drug-likeness (QED) is 0.466. The maximum atomic E-state index is 11.7. The number of rotatable bonds is 8. The van der Waals surface area contributed by atoms with Crippen LogP contribution in [0, 0.1) is 0 Å². The zero-order valence-electron chi connectivity index (χ0n) is 15.1. The van der Waals surface area contributed by atoms with Crippen LogP contribution in [-0.2, 0) is 23.3 Å². The normalized spacial score (nSPS) is 18.2. The topological polar surface area (TPSA) is 84.0 Å². The third-order valence-electron chi connectivity index (χ3n) is 4.05. The Morgan fingerprint density at radius 1 is 0.760 bits per heavy atom. The molecule has 136 valence electrons. The van der Waals surface area contributed by atoms with Gasteiger partial charge in [-0.1, -0.05) is 0 Å². The molecule has 4 amide bonds. The Bertz CT molecular complexity index is 633. The van der Waals surface area contributed by atoms with Crippen molar-refractivity contribution in [1.82, 2.24) is 9.80 Å². The van der Waals surface area contributed by atoms with E-state index in [-0.39, 0.29) is 23.6 Å². The van der Waals surface area contributed by atoms with Crippen molar-refractivity contribution in [2.75, 3.05) is 12.7 Å². The molecule has 0 bridgehead atoms. The molecule has 7 nitrogen and oxygen atoms in total. The summed E-state index contributed by atoms with van der Waals surface area (Å²) in [7, 11) is -4.30. The highest BCUT2D eigenvalue weighted by Gasteiger charge is 2.38. The van der Waals surface area contributed by atoms with Crippen molar-refractivity contribution >= 4 is 40.3 Å². The number of amides is 4. The second-order valence-corrected chi connectivity index (χ2v) is 16.2. The summed E-state index contributed by atoms with van der Waals surface area (Å²) >= 11 is 0. The minimum Gasteiger partial charge on any atom is -0.454 e. The van der Waals surface area contributed by atoms with E-state index >= 15 is 0 Å². The molecule has 2 rings (SSSR count). The highest BCUT2D eigenvalue weighted by molar-refractivity contribution is 6.85. The van der Waals surface area contributed by atoms with Gasteiger partial charge in [0.15, 0.2) is 16.6 Å². The maximum absolute atomic E-state index is 11.7. The van der Waals surface area contributed by atoms with Crippen molar-refractivity contribution < 1.29 is 23.3 Å². The van der Waals surface area contributed by atoms with Crippen molar-refractivity contribution in [2.24, 2.45) is 0 Å². The summed E-state index contributed by atoms with van der Waals surface area (Å²) < 4.78 is 6.40. The van der Waals surface area contributed by atoms with Gasteiger partial charge in [0, 0.05) is 37.0 Å². The summed E-state index contributed by atoms with van der Waals surface area (Å²) in [6, 6.07) is 0.792. The van der Waals surface area contributed by atoms with Crippen LogP contribution in [0.5, 0.6) is 0 Å². The molecule has 0 fully saturated rings. The van der Waals surface area contributed by atoms with Crippen LogP contribution in [0.15, 0.2) is 24.3 Å². The smallest absolute Gasteiger partial charge is 0.253 e. The van der Waals surface area contributed by atoms with Gasteiger partial charge in [-0.25, -0.2) is 0 Å². The Balaban J connectivity index is 1.84. The summed E-state index contributed by atoms with van der Waals surface area (Å²) in [5.74, 6) is -1.10. The fraction of sp³-hybridized carbons (Fsp3) is 0.500. The lowest BCUT2D eigenvalue weighted by molar-refractivity contribution is -0.137. The molecule has 0 spiro atoms. The minimum atomic E-state index is -2.25. The van der Waals surface area contributed by atoms with Gasteiger partial charge >= 0.3 is 0 Å². The van der Waals surface area contributed by atoms with Crippen molar-refractivity contribution in [3.63, 3.8) is 0 Å². The van der Waals surface area contributed by atoms with E-state index in [0.29, 0.717) is 19.1 Å². The van der Waals surface area contributed by atoms with E-state index in [0.717, 1.165) is 6.04 Å². The lowest BCUT2D eigenvalue weighted by Gasteiger charge is -2.36. The van der Waals surface area contributed by atoms with E-state index in [1.165, 1.54) is 34.1 Å². The van der Waals surface area contributed by atoms with Crippen LogP contribution in [0.3, 0.4) is 0 Å². The molecule has 2 aliphatic heterocycles. The largest absolute Gasteiger partial charge is 0.454 e. The van der Waals surface area contributed by atoms with Crippen molar-refractivity contribution in [3.8, 4) is 0 Å². The Kier molecular flexibility index (Phi) is 5.60. The number of carbonyl (C=O) groups is 4. The molecule has 0 aliphatic carbocycles. The van der Waals surface area contributed by atoms with E-state index in [1.54, 1.807) is 0 Å². The monoisotopic (exact) mass is 380 g/mol. The second kappa shape index (κ2) is 7.18. The SMILES string of the molecule is C[Si](C)(CCCN1C(=O)C=CC1=O)O[Si](C)(C)CN1C(=O)C=CC1=O. The van der Waals surface area contributed by atoms with Crippen LogP contribution >= 0.6 is 0 Å². The molecule has 0 N–H and O–H groups in total. The predicted molar refractivity (Wildman–Crippen MR) is 97.2 cm³/mol. The minimum absolute atomic E-state index is 0.265. The summed E-state index contributed by atoms with van der Waals surface area (Å²) in [6.45, 7) is 8.55. The molecule has 25 heavy (non-hydrogen) atoms. The van der Waals surface area contributed by atoms with E-state index in [9.17, 15) is 19.2 Å². The van der Waals surface area contributed by atoms with Crippen LogP contribution in [-0.4, -0.2) is 62.8 Å². The molecule has 0 aromatic carbocycles. The van der Waals surface area contributed by atoms with Crippen molar-refractivity contribution in [3.05, 3.63) is 24.3 Å². The number of imide groups is 2. The Hall–Kier alpha value is -1.85. The van der Waals surface area contributed by atoms with Crippen molar-refractivity contribution in [2.45, 2.75) is 38.7 Å². The molecule has 0 saturated carbocycles. The summed E-state index contributed by atoms with van der Waals surface area (Å²) in [4.78, 5) is 49.0. The van der Waals surface area contributed by atoms with Gasteiger partial charge < -0.3 is 4.12 Å². The number of carbonyl (C=O) groups excluding carboxylic acids is 4. The van der Waals surface area contributed by atoms with Crippen LogP contribution in [0.4, 0.5) is 0 Å². The molecule has 0 aromatic rings. The van der Waals surface area contributed by atoms with E-state index in [1.807, 2.05) is 13.1 Å². The van der Waals surface area contributed by atoms with Crippen LogP contribution in [0.1, 0.15) is 6.42 Å². The number of hydrogen-bond donors (Lipinski definition) is 0. The third kappa shape index (κ3) is 5.06. The van der Waals surface area contributed by atoms with Gasteiger partial charge in [-0.15, -0.1) is 0 Å². The Morgan fingerprint density at radius 3 is 1.68 bits per heavy atom. The fourth-order valence-corrected chi connectivity index (χ4v) is 11.8. The average Bonchev–Trinajstić information content (AvgIpc) is 2.95. The molecule has 2 aliphatic rings. The van der Waals surface area contributed by atoms with Crippen molar-refractivity contribution in [1.29, 1.82) is 0 Å². The number of hydrogen-bond acceptors (Lipinski definition) is 5. The zero-order chi connectivity index (χ0) is 18.8. The maximum Gasteiger partial charge on any atom is 0.253 e. The van der Waals surface area contributed by atoms with Gasteiger partial charge in [0.2, 0.25) is 0 Å². The average molecular weight is 381 g/mol. The Morgan fingerprint density at radius 2 is 1.20 bits per heavy atom. The van der Waals surface area contributed by atoms with Crippen LogP contribution in [0.25, 0.3) is 0 Å². The van der Waals surface area contributed by atoms with Gasteiger partial charge in [-0.05, 0) is 38.7 Å². The van der Waals surface area contributed by atoms with E-state index in [4.69, 9.17) is 4.12 Å². The zero-order valence-corrected chi connectivity index (χ0v) is 17.1. The lowest BCUT2D eigenvalue weighted by atomic mass is 10.4. The molecule has 0 saturated heterocycles. The molecule has 0 radical (unpaired) electrons. The van der Waals surface area contributed by atoms with E-state index in [2.05, 4.69) is 13.1 Å². The first-order chi connectivity index (χ1) is 11.5. The summed E-state index contributed by atoms with van der Waals surface area (Å²) in [5.41, 5.74) is 0. The van der Waals surface area contributed by atoms with Gasteiger partial charge in [-0.2, -0.15) is 0 Å². The van der Waals surface area contributed by atoms with Crippen LogP contribution in [0.2, 0.25) is 32.2 Å². The molecular formula is C16H24N2O5Si2. The highest BCUT2D eigenvalue weighted by Crippen LogP contribution is 2.22. The van der Waals surface area contributed by atoms with Crippen LogP contribution < -0.4 is 0 Å². The first-order valence-corrected chi connectivity index (χ1v) is 14.5. The number of nitrogens with zero attached hydrogens (tertiary/aromatic N) is 2. The van der Waals surface area contributed by atoms with Gasteiger partial charge in [0.05, 0.1) is 0 Å². The fourth-order valence-electron chi connectivity index (χ4n) is 3.11. The standard InChI is InChI=1S/C16H24N2O5Si2/c1-24(2,11-5-10-17-13(19)6-7-14(17)20)23-25(3,4)12-18-15(21)8-9-16(18)22/h6-9H,5,10-12H2,1-4H3. The summed E-state index contributed by atoms with van der Waals surface area (Å²) in [5, 5.41) is 0. The molecule has 0 unspecified atom stereocenters. The van der Waals surface area contributed by atoms with Gasteiger partial charge in [0.25, 0.3) is 23.6 Å². The molecule has 0 atom stereocenters. The third-order valence-corrected chi connectivity index (χ3v) is 11.1. The first kappa shape index (κ1) is 19.5. The molecule has 2 heterocycles. The van der Waals surface area contributed by atoms with E-state index < -0.39 is 16.6 Å². The first-order valence-electron chi connectivity index (χ1n) is 8.28. The molecular weight excluding hydrogens is 356 g/mol. The molecule has 9 heteroatoms. The molecule has 0 aromatic heterocycles. The summed E-state index contributed by atoms with van der Waals surface area (Å²) in [6.07, 6.45) is 6.17. The Labute approximate surface area is 149 Å². The highest BCUT2D eigenvalue weighted by atomic mass is 28.4.